The van der Waals surface area contributed by atoms with Crippen molar-refractivity contribution in [3.05, 3.63) is 33.9 Å². The predicted octanol–water partition coefficient (Wildman–Crippen LogP) is 2.18. The van der Waals surface area contributed by atoms with Crippen LogP contribution in [-0.4, -0.2) is 22.2 Å². The molecule has 0 amide bonds. The zero-order valence-electron chi connectivity index (χ0n) is 10.4. The fraction of sp³-hybridized carbons (Fsp3) is 0.462. The van der Waals surface area contributed by atoms with Crippen molar-refractivity contribution < 1.29 is 10.0 Å². The molecule has 0 bridgehead atoms. The molecular weight excluding hydrogens is 246 g/mol. The quantitative estimate of drug-likeness (QED) is 0.641. The molecule has 0 heterocycles. The van der Waals surface area contributed by atoms with Gasteiger partial charge in [-0.25, -0.2) is 0 Å². The molecule has 0 aromatic heterocycles. The summed E-state index contributed by atoms with van der Waals surface area (Å²) in [6.07, 6.45) is 3.28. The van der Waals surface area contributed by atoms with Crippen LogP contribution >= 0.6 is 0 Å². The topological polar surface area (TPSA) is 99.2 Å². The molecule has 2 rings (SSSR count). The summed E-state index contributed by atoms with van der Waals surface area (Å²) in [4.78, 5) is 10.2. The second-order valence-electron chi connectivity index (χ2n) is 4.70. The molecule has 1 saturated carbocycles. The van der Waals surface area contributed by atoms with E-state index >= 15 is 0 Å². The van der Waals surface area contributed by atoms with Gasteiger partial charge in [0.05, 0.1) is 17.1 Å². The van der Waals surface area contributed by atoms with E-state index in [-0.39, 0.29) is 17.3 Å². The Kier molecular flexibility index (Phi) is 3.97. The predicted molar refractivity (Wildman–Crippen MR) is 69.7 cm³/mol. The number of benzene rings is 1. The maximum atomic E-state index is 10.7. The molecule has 2 N–H and O–H groups in total. The Labute approximate surface area is 110 Å². The lowest BCUT2D eigenvalue weighted by molar-refractivity contribution is -0.385. The number of hydrogen-bond donors (Lipinski definition) is 2. The molecule has 6 heteroatoms. The summed E-state index contributed by atoms with van der Waals surface area (Å²) < 4.78 is 0. The molecule has 0 spiro atoms. The van der Waals surface area contributed by atoms with E-state index in [0.717, 1.165) is 25.7 Å². The largest absolute Gasteiger partial charge is 0.391 e. The summed E-state index contributed by atoms with van der Waals surface area (Å²) in [6.45, 7) is 0. The normalized spacial score (nSPS) is 22.5. The number of nitriles is 1. The van der Waals surface area contributed by atoms with E-state index in [0.29, 0.717) is 5.69 Å². The molecule has 100 valence electrons. The van der Waals surface area contributed by atoms with E-state index < -0.39 is 11.0 Å². The highest BCUT2D eigenvalue weighted by Crippen LogP contribution is 2.25. The third-order valence-electron chi connectivity index (χ3n) is 3.40. The number of hydrogen-bond acceptors (Lipinski definition) is 5. The third kappa shape index (κ3) is 3.01. The Morgan fingerprint density at radius 1 is 1.42 bits per heavy atom. The van der Waals surface area contributed by atoms with E-state index in [9.17, 15) is 15.2 Å². The lowest BCUT2D eigenvalue weighted by Crippen LogP contribution is -2.36. The van der Waals surface area contributed by atoms with Gasteiger partial charge in [0.25, 0.3) is 5.69 Å². The first-order valence-corrected chi connectivity index (χ1v) is 6.25. The van der Waals surface area contributed by atoms with E-state index in [1.54, 1.807) is 6.07 Å². The van der Waals surface area contributed by atoms with Gasteiger partial charge in [-0.2, -0.15) is 5.26 Å². The average molecular weight is 261 g/mol. The van der Waals surface area contributed by atoms with Crippen molar-refractivity contribution in [2.75, 3.05) is 5.32 Å². The SMILES string of the molecule is N#Cc1cc(N[C@H]2CCCC[C@@H]2O)ccc1[N+](=O)[O-]. The highest BCUT2D eigenvalue weighted by molar-refractivity contribution is 5.59. The summed E-state index contributed by atoms with van der Waals surface area (Å²) in [6, 6.07) is 6.11. The van der Waals surface area contributed by atoms with Crippen molar-refractivity contribution in [2.24, 2.45) is 0 Å². The van der Waals surface area contributed by atoms with Gasteiger partial charge in [-0.3, -0.25) is 10.1 Å². The van der Waals surface area contributed by atoms with Crippen LogP contribution in [0.5, 0.6) is 0 Å². The summed E-state index contributed by atoms with van der Waals surface area (Å²) in [5.41, 5.74) is 0.464. The van der Waals surface area contributed by atoms with Crippen molar-refractivity contribution in [1.29, 1.82) is 5.26 Å². The van der Waals surface area contributed by atoms with Crippen LogP contribution in [0.2, 0.25) is 0 Å². The number of nitrogens with one attached hydrogen (secondary N) is 1. The first-order chi connectivity index (χ1) is 9.11. The first kappa shape index (κ1) is 13.3. The Hall–Kier alpha value is -2.13. The van der Waals surface area contributed by atoms with Gasteiger partial charge in [-0.05, 0) is 25.0 Å². The van der Waals surface area contributed by atoms with Gasteiger partial charge in [0.2, 0.25) is 0 Å². The Morgan fingerprint density at radius 2 is 2.16 bits per heavy atom. The van der Waals surface area contributed by atoms with Gasteiger partial charge in [0.15, 0.2) is 0 Å². The van der Waals surface area contributed by atoms with Crippen LogP contribution in [0.1, 0.15) is 31.2 Å². The summed E-state index contributed by atoms with van der Waals surface area (Å²) in [7, 11) is 0. The maximum absolute atomic E-state index is 10.7. The molecule has 2 atom stereocenters. The minimum Gasteiger partial charge on any atom is -0.391 e. The van der Waals surface area contributed by atoms with Crippen molar-refractivity contribution in [3.63, 3.8) is 0 Å². The summed E-state index contributed by atoms with van der Waals surface area (Å²) in [5.74, 6) is 0. The van der Waals surface area contributed by atoms with Crippen molar-refractivity contribution >= 4 is 11.4 Å². The zero-order chi connectivity index (χ0) is 13.8. The average Bonchev–Trinajstić information content (AvgIpc) is 2.41. The van der Waals surface area contributed by atoms with Crippen molar-refractivity contribution in [2.45, 2.75) is 37.8 Å². The van der Waals surface area contributed by atoms with Crippen LogP contribution in [0, 0.1) is 21.4 Å². The standard InChI is InChI=1S/C13H15N3O3/c14-8-9-7-10(5-6-12(9)16(18)19)15-11-3-1-2-4-13(11)17/h5-7,11,13,15,17H,1-4H2/t11-,13-/m0/s1. The van der Waals surface area contributed by atoms with E-state index in [4.69, 9.17) is 5.26 Å². The lowest BCUT2D eigenvalue weighted by Gasteiger charge is -2.29. The van der Waals surface area contributed by atoms with Crippen LogP contribution in [0.3, 0.4) is 0 Å². The van der Waals surface area contributed by atoms with Gasteiger partial charge in [-0.1, -0.05) is 12.8 Å². The second-order valence-corrected chi connectivity index (χ2v) is 4.70. The number of nitro benzene ring substituents is 1. The molecule has 19 heavy (non-hydrogen) atoms. The highest BCUT2D eigenvalue weighted by Gasteiger charge is 2.23. The van der Waals surface area contributed by atoms with Crippen molar-refractivity contribution in [1.82, 2.24) is 0 Å². The van der Waals surface area contributed by atoms with Crippen LogP contribution in [0.4, 0.5) is 11.4 Å². The van der Waals surface area contributed by atoms with Crippen LogP contribution in [-0.2, 0) is 0 Å². The molecule has 1 aliphatic rings. The number of aliphatic hydroxyl groups is 1. The van der Waals surface area contributed by atoms with Gasteiger partial charge in [-0.15, -0.1) is 0 Å². The minimum absolute atomic E-state index is 0.0281. The van der Waals surface area contributed by atoms with Gasteiger partial charge in [0, 0.05) is 11.8 Å². The summed E-state index contributed by atoms with van der Waals surface area (Å²) >= 11 is 0. The fourth-order valence-corrected chi connectivity index (χ4v) is 2.37. The number of aliphatic hydroxyl groups excluding tert-OH is 1. The second kappa shape index (κ2) is 5.67. The lowest BCUT2D eigenvalue weighted by atomic mass is 9.92. The molecule has 1 aromatic carbocycles. The molecule has 1 aromatic rings. The fourth-order valence-electron chi connectivity index (χ4n) is 2.37. The van der Waals surface area contributed by atoms with Crippen molar-refractivity contribution in [3.8, 4) is 6.07 Å². The summed E-state index contributed by atoms with van der Waals surface area (Å²) in [5, 5.41) is 32.7. The van der Waals surface area contributed by atoms with Gasteiger partial charge < -0.3 is 10.4 Å². The van der Waals surface area contributed by atoms with E-state index in [1.165, 1.54) is 12.1 Å². The molecule has 0 aliphatic heterocycles. The number of rotatable bonds is 3. The first-order valence-electron chi connectivity index (χ1n) is 6.25. The number of anilines is 1. The molecule has 0 saturated heterocycles. The third-order valence-corrected chi connectivity index (χ3v) is 3.40. The monoisotopic (exact) mass is 261 g/mol. The van der Waals surface area contributed by atoms with Gasteiger partial charge in [0.1, 0.15) is 11.6 Å². The Bertz CT molecular complexity index is 524. The highest BCUT2D eigenvalue weighted by atomic mass is 16.6. The minimum atomic E-state index is -0.572. The molecule has 6 nitrogen and oxygen atoms in total. The maximum Gasteiger partial charge on any atom is 0.287 e. The Balaban J connectivity index is 2.17. The zero-order valence-corrected chi connectivity index (χ0v) is 10.4. The Morgan fingerprint density at radius 3 is 2.79 bits per heavy atom. The molecule has 1 aliphatic carbocycles. The van der Waals surface area contributed by atoms with Gasteiger partial charge >= 0.3 is 0 Å². The van der Waals surface area contributed by atoms with E-state index in [1.807, 2.05) is 6.07 Å². The van der Waals surface area contributed by atoms with Crippen LogP contribution < -0.4 is 5.32 Å². The van der Waals surface area contributed by atoms with Crippen LogP contribution in [0.25, 0.3) is 0 Å². The number of nitro groups is 1. The van der Waals surface area contributed by atoms with Crippen LogP contribution in [0.15, 0.2) is 18.2 Å². The van der Waals surface area contributed by atoms with E-state index in [2.05, 4.69) is 5.32 Å². The molecular formula is C13H15N3O3. The molecule has 0 radical (unpaired) electrons. The molecule has 1 fully saturated rings. The number of nitrogens with zero attached hydrogens (tertiary/aromatic N) is 2. The molecule has 0 unspecified atom stereocenters. The smallest absolute Gasteiger partial charge is 0.287 e.